The lowest BCUT2D eigenvalue weighted by Gasteiger charge is -2.26. The van der Waals surface area contributed by atoms with E-state index in [0.717, 1.165) is 25.7 Å². The van der Waals surface area contributed by atoms with Crippen molar-refractivity contribution in [1.82, 2.24) is 10.0 Å². The summed E-state index contributed by atoms with van der Waals surface area (Å²) in [6.45, 7) is 5.52. The molecule has 1 amide bonds. The van der Waals surface area contributed by atoms with E-state index < -0.39 is 16.0 Å². The minimum atomic E-state index is -3.63. The third-order valence-electron chi connectivity index (χ3n) is 5.08. The minimum absolute atomic E-state index is 0.0774. The van der Waals surface area contributed by atoms with Gasteiger partial charge in [-0.05, 0) is 69.2 Å². The summed E-state index contributed by atoms with van der Waals surface area (Å²) in [6, 6.07) is 5.43. The molecule has 0 saturated heterocycles. The summed E-state index contributed by atoms with van der Waals surface area (Å²) in [5.41, 5.74) is 0.196. The summed E-state index contributed by atoms with van der Waals surface area (Å²) in [5.74, 6) is -0.283. The zero-order valence-corrected chi connectivity index (χ0v) is 17.6. The molecule has 0 aromatic heterocycles. The predicted molar refractivity (Wildman–Crippen MR) is 106 cm³/mol. The molecule has 8 heteroatoms. The number of hydrogen-bond acceptors (Lipinski definition) is 5. The molecule has 1 aliphatic rings. The van der Waals surface area contributed by atoms with E-state index in [0.29, 0.717) is 12.3 Å². The predicted octanol–water partition coefficient (Wildman–Crippen LogP) is 2.62. The Balaban J connectivity index is 1.85. The summed E-state index contributed by atoms with van der Waals surface area (Å²) in [4.78, 5) is 24.1. The monoisotopic (exact) mass is 410 g/mol. The lowest BCUT2D eigenvalue weighted by atomic mass is 9.87. The third kappa shape index (κ3) is 6.60. The first kappa shape index (κ1) is 22.4. The molecule has 1 aromatic carbocycles. The van der Waals surface area contributed by atoms with Crippen LogP contribution in [-0.2, 0) is 19.6 Å². The lowest BCUT2D eigenvalue weighted by molar-refractivity contribution is -0.125. The first-order valence-electron chi connectivity index (χ1n) is 9.80. The Bertz CT molecular complexity index is 768. The van der Waals surface area contributed by atoms with Crippen molar-refractivity contribution in [2.24, 2.45) is 5.92 Å². The number of nitrogens with one attached hydrogen (secondary N) is 2. The number of rotatable bonds is 8. The van der Waals surface area contributed by atoms with Crippen LogP contribution in [0.2, 0.25) is 0 Å². The van der Waals surface area contributed by atoms with Crippen LogP contribution < -0.4 is 10.0 Å². The molecule has 1 saturated carbocycles. The van der Waals surface area contributed by atoms with Crippen molar-refractivity contribution in [3.8, 4) is 0 Å². The van der Waals surface area contributed by atoms with Gasteiger partial charge in [-0.15, -0.1) is 0 Å². The van der Waals surface area contributed by atoms with E-state index in [9.17, 15) is 18.0 Å². The van der Waals surface area contributed by atoms with Crippen LogP contribution in [0.15, 0.2) is 29.2 Å². The topological polar surface area (TPSA) is 102 Å². The van der Waals surface area contributed by atoms with Gasteiger partial charge in [0.2, 0.25) is 10.0 Å². The fraction of sp³-hybridized carbons (Fsp3) is 0.600. The Labute approximate surface area is 167 Å². The van der Waals surface area contributed by atoms with Crippen LogP contribution >= 0.6 is 0 Å². The van der Waals surface area contributed by atoms with Crippen LogP contribution in [0.1, 0.15) is 63.2 Å². The number of carbonyl (C=O) groups is 2. The van der Waals surface area contributed by atoms with Crippen LogP contribution in [-0.4, -0.2) is 39.0 Å². The van der Waals surface area contributed by atoms with Crippen molar-refractivity contribution < 1.29 is 22.7 Å². The normalized spacial score (nSPS) is 21.0. The zero-order valence-electron chi connectivity index (χ0n) is 16.7. The highest BCUT2D eigenvalue weighted by atomic mass is 32.2. The van der Waals surface area contributed by atoms with Gasteiger partial charge in [0.25, 0.3) is 5.91 Å². The molecule has 0 radical (unpaired) electrons. The van der Waals surface area contributed by atoms with Crippen LogP contribution in [0.5, 0.6) is 0 Å². The van der Waals surface area contributed by atoms with Crippen molar-refractivity contribution in [3.63, 3.8) is 0 Å². The molecule has 1 aromatic rings. The number of ether oxygens (including phenoxy) is 1. The Kier molecular flexibility index (Phi) is 8.00. The molecule has 156 valence electrons. The maximum absolute atomic E-state index is 12.2. The Hall–Kier alpha value is -1.93. The first-order chi connectivity index (χ1) is 13.2. The molecule has 0 bridgehead atoms. The Morgan fingerprint density at radius 3 is 2.32 bits per heavy atom. The first-order valence-corrected chi connectivity index (χ1v) is 11.3. The Morgan fingerprint density at radius 2 is 1.75 bits per heavy atom. The highest BCUT2D eigenvalue weighted by Crippen LogP contribution is 2.23. The summed E-state index contributed by atoms with van der Waals surface area (Å²) in [5, 5.41) is 2.90. The number of benzene rings is 1. The molecule has 28 heavy (non-hydrogen) atoms. The SMILES string of the molecule is CCC(C)NS(=O)(=O)c1ccc(C(=O)OCC(=O)NC2CCC(C)CC2)cc1. The van der Waals surface area contributed by atoms with Gasteiger partial charge in [0, 0.05) is 12.1 Å². The van der Waals surface area contributed by atoms with Crippen LogP contribution in [0, 0.1) is 5.92 Å². The van der Waals surface area contributed by atoms with E-state index in [1.54, 1.807) is 6.92 Å². The van der Waals surface area contributed by atoms with Crippen molar-refractivity contribution in [2.45, 2.75) is 69.9 Å². The van der Waals surface area contributed by atoms with E-state index in [1.807, 2.05) is 6.92 Å². The van der Waals surface area contributed by atoms with Gasteiger partial charge in [0.05, 0.1) is 10.5 Å². The van der Waals surface area contributed by atoms with E-state index >= 15 is 0 Å². The van der Waals surface area contributed by atoms with Crippen molar-refractivity contribution in [2.75, 3.05) is 6.61 Å². The van der Waals surface area contributed by atoms with Gasteiger partial charge in [0.1, 0.15) is 0 Å². The van der Waals surface area contributed by atoms with Crippen LogP contribution in [0.25, 0.3) is 0 Å². The van der Waals surface area contributed by atoms with Crippen LogP contribution in [0.3, 0.4) is 0 Å². The summed E-state index contributed by atoms with van der Waals surface area (Å²) in [6.07, 6.45) is 4.74. The van der Waals surface area contributed by atoms with E-state index in [-0.39, 0.29) is 35.1 Å². The van der Waals surface area contributed by atoms with Crippen molar-refractivity contribution in [3.05, 3.63) is 29.8 Å². The van der Waals surface area contributed by atoms with Gasteiger partial charge < -0.3 is 10.1 Å². The second kappa shape index (κ2) is 10.0. The average Bonchev–Trinajstić information content (AvgIpc) is 2.67. The average molecular weight is 411 g/mol. The van der Waals surface area contributed by atoms with Crippen molar-refractivity contribution in [1.29, 1.82) is 0 Å². The molecular weight excluding hydrogens is 380 g/mol. The summed E-state index contributed by atoms with van der Waals surface area (Å²) < 4.78 is 32.1. The zero-order chi connectivity index (χ0) is 20.7. The van der Waals surface area contributed by atoms with Gasteiger partial charge in [-0.2, -0.15) is 0 Å². The van der Waals surface area contributed by atoms with E-state index in [2.05, 4.69) is 17.0 Å². The number of amides is 1. The number of esters is 1. The molecule has 1 atom stereocenters. The third-order valence-corrected chi connectivity index (χ3v) is 6.69. The molecule has 1 aliphatic carbocycles. The second-order valence-electron chi connectivity index (χ2n) is 7.56. The fourth-order valence-corrected chi connectivity index (χ4v) is 4.40. The molecule has 1 fully saturated rings. The van der Waals surface area contributed by atoms with Gasteiger partial charge in [0.15, 0.2) is 6.61 Å². The highest BCUT2D eigenvalue weighted by Gasteiger charge is 2.21. The van der Waals surface area contributed by atoms with Crippen LogP contribution in [0.4, 0.5) is 0 Å². The van der Waals surface area contributed by atoms with Gasteiger partial charge in [-0.25, -0.2) is 17.9 Å². The molecule has 0 aliphatic heterocycles. The molecular formula is C20H30N2O5S. The molecule has 0 heterocycles. The van der Waals surface area contributed by atoms with Gasteiger partial charge in [-0.1, -0.05) is 13.8 Å². The quantitative estimate of drug-likeness (QED) is 0.642. The smallest absolute Gasteiger partial charge is 0.338 e. The minimum Gasteiger partial charge on any atom is -0.452 e. The second-order valence-corrected chi connectivity index (χ2v) is 9.27. The molecule has 2 N–H and O–H groups in total. The van der Waals surface area contributed by atoms with E-state index in [4.69, 9.17) is 4.74 Å². The fourth-order valence-electron chi connectivity index (χ4n) is 3.07. The maximum Gasteiger partial charge on any atom is 0.338 e. The molecule has 0 spiro atoms. The lowest BCUT2D eigenvalue weighted by Crippen LogP contribution is -2.39. The largest absolute Gasteiger partial charge is 0.452 e. The number of carbonyl (C=O) groups excluding carboxylic acids is 2. The summed E-state index contributed by atoms with van der Waals surface area (Å²) >= 11 is 0. The Morgan fingerprint density at radius 1 is 1.14 bits per heavy atom. The van der Waals surface area contributed by atoms with E-state index in [1.165, 1.54) is 24.3 Å². The number of sulfonamides is 1. The van der Waals surface area contributed by atoms with Gasteiger partial charge >= 0.3 is 5.97 Å². The van der Waals surface area contributed by atoms with Gasteiger partial charge in [-0.3, -0.25) is 4.79 Å². The molecule has 2 rings (SSSR count). The highest BCUT2D eigenvalue weighted by molar-refractivity contribution is 7.89. The molecule has 1 unspecified atom stereocenters. The number of hydrogen-bond donors (Lipinski definition) is 2. The maximum atomic E-state index is 12.2. The molecule has 7 nitrogen and oxygen atoms in total. The standard InChI is InChI=1S/C20H30N2O5S/c1-4-15(3)22-28(25,26)18-11-7-16(8-12-18)20(24)27-13-19(23)21-17-9-5-14(2)6-10-17/h7-8,11-12,14-15,17,22H,4-6,9-10,13H2,1-3H3,(H,21,23). The van der Waals surface area contributed by atoms with Crippen molar-refractivity contribution >= 4 is 21.9 Å². The summed E-state index contributed by atoms with van der Waals surface area (Å²) in [7, 11) is -3.63.